The van der Waals surface area contributed by atoms with Crippen LogP contribution in [-0.4, -0.2) is 17.8 Å². The number of carbonyl (C=O) groups excluding carboxylic acids is 3. The van der Waals surface area contributed by atoms with Crippen molar-refractivity contribution in [2.75, 3.05) is 4.90 Å². The number of carbonyl (C=O) groups is 3. The molecule has 0 aromatic heterocycles. The second kappa shape index (κ2) is 10.1. The molecule has 1 aliphatic rings. The van der Waals surface area contributed by atoms with E-state index in [0.29, 0.717) is 25.9 Å². The molecule has 0 unspecified atom stereocenters. The van der Waals surface area contributed by atoms with E-state index in [9.17, 15) is 18.8 Å². The molecule has 1 aliphatic heterocycles. The smallest absolute Gasteiger partial charge is 0.335 e. The molecule has 35 heavy (non-hydrogen) atoms. The van der Waals surface area contributed by atoms with Crippen LogP contribution in [0.15, 0.2) is 69.1 Å². The number of hydrogen-bond acceptors (Lipinski definition) is 4. The fraction of sp³-hybridized carbons (Fsp3) is 0.115. The zero-order valence-electron chi connectivity index (χ0n) is 18.7. The maximum absolute atomic E-state index is 13.2. The van der Waals surface area contributed by atoms with Crippen LogP contribution in [0, 0.1) is 19.7 Å². The van der Waals surface area contributed by atoms with Crippen molar-refractivity contribution in [2.45, 2.75) is 20.5 Å². The summed E-state index contributed by atoms with van der Waals surface area (Å²) in [5.74, 6) is -1.31. The van der Waals surface area contributed by atoms with Crippen LogP contribution < -0.4 is 15.0 Å². The highest BCUT2D eigenvalue weighted by Crippen LogP contribution is 2.36. The monoisotopic (exact) mass is 600 g/mol. The van der Waals surface area contributed by atoms with E-state index < -0.39 is 17.8 Å². The summed E-state index contributed by atoms with van der Waals surface area (Å²) < 4.78 is 20.1. The Hall–Kier alpha value is -3.30. The Morgan fingerprint density at radius 2 is 1.60 bits per heavy atom. The molecule has 4 rings (SSSR count). The molecule has 0 aliphatic carbocycles. The van der Waals surface area contributed by atoms with Gasteiger partial charge in [0.15, 0.2) is 0 Å². The summed E-state index contributed by atoms with van der Waals surface area (Å²) >= 11 is 6.91. The van der Waals surface area contributed by atoms with Gasteiger partial charge in [-0.2, -0.15) is 0 Å². The SMILES string of the molecule is Cc1ccc(N2C(=O)NC(=O)/C(=C\c3cc(Br)c(OCc4ccc(F)cc4)c(Br)c3)C2=O)cc1C. The summed E-state index contributed by atoms with van der Waals surface area (Å²) in [6.07, 6.45) is 1.41. The Morgan fingerprint density at radius 1 is 0.943 bits per heavy atom. The molecule has 3 aromatic carbocycles. The Morgan fingerprint density at radius 3 is 2.23 bits per heavy atom. The Balaban J connectivity index is 1.61. The Kier molecular flexibility index (Phi) is 7.18. The summed E-state index contributed by atoms with van der Waals surface area (Å²) in [5.41, 5.74) is 3.45. The first-order chi connectivity index (χ1) is 16.6. The average Bonchev–Trinajstić information content (AvgIpc) is 2.79. The van der Waals surface area contributed by atoms with E-state index in [-0.39, 0.29) is 18.0 Å². The van der Waals surface area contributed by atoms with E-state index in [0.717, 1.165) is 21.6 Å². The molecule has 1 heterocycles. The van der Waals surface area contributed by atoms with Crippen LogP contribution in [0.1, 0.15) is 22.3 Å². The molecule has 1 N–H and O–H groups in total. The second-order valence-electron chi connectivity index (χ2n) is 7.96. The van der Waals surface area contributed by atoms with Crippen LogP contribution in [0.4, 0.5) is 14.9 Å². The molecular formula is C26H19Br2FN2O4. The predicted molar refractivity (Wildman–Crippen MR) is 137 cm³/mol. The van der Waals surface area contributed by atoms with Gasteiger partial charge in [0.05, 0.1) is 14.6 Å². The van der Waals surface area contributed by atoms with Crippen molar-refractivity contribution < 1.29 is 23.5 Å². The maximum atomic E-state index is 13.2. The molecule has 3 aromatic rings. The topological polar surface area (TPSA) is 75.7 Å². The molecule has 0 saturated carbocycles. The number of nitrogens with one attached hydrogen (secondary N) is 1. The van der Waals surface area contributed by atoms with Gasteiger partial charge in [0.2, 0.25) is 0 Å². The predicted octanol–water partition coefficient (Wildman–Crippen LogP) is 6.21. The van der Waals surface area contributed by atoms with Crippen LogP contribution in [0.2, 0.25) is 0 Å². The molecule has 1 fully saturated rings. The van der Waals surface area contributed by atoms with Crippen LogP contribution in [0.3, 0.4) is 0 Å². The van der Waals surface area contributed by atoms with Crippen molar-refractivity contribution >= 4 is 61.5 Å². The number of halogens is 3. The first kappa shape index (κ1) is 24.8. The number of urea groups is 1. The van der Waals surface area contributed by atoms with Gasteiger partial charge in [-0.3, -0.25) is 14.9 Å². The highest BCUT2D eigenvalue weighted by molar-refractivity contribution is 9.11. The van der Waals surface area contributed by atoms with Crippen molar-refractivity contribution in [1.82, 2.24) is 5.32 Å². The van der Waals surface area contributed by atoms with Gasteiger partial charge >= 0.3 is 6.03 Å². The van der Waals surface area contributed by atoms with E-state index in [4.69, 9.17) is 4.74 Å². The summed E-state index contributed by atoms with van der Waals surface area (Å²) in [6.45, 7) is 4.02. The van der Waals surface area contributed by atoms with Crippen LogP contribution in [-0.2, 0) is 16.2 Å². The van der Waals surface area contributed by atoms with Gasteiger partial charge in [-0.05, 0) is 110 Å². The van der Waals surface area contributed by atoms with Crippen molar-refractivity contribution in [3.63, 3.8) is 0 Å². The van der Waals surface area contributed by atoms with E-state index in [1.54, 1.807) is 36.4 Å². The Bertz CT molecular complexity index is 1360. The number of hydrogen-bond donors (Lipinski definition) is 1. The van der Waals surface area contributed by atoms with Crippen molar-refractivity contribution in [1.29, 1.82) is 0 Å². The standard InChI is InChI=1S/C26H19Br2FN2O4/c1-14-3-8-19(9-15(14)2)31-25(33)20(24(32)30-26(31)34)10-17-11-21(27)23(22(28)12-17)35-13-16-4-6-18(29)7-5-16/h3-12H,13H2,1-2H3,(H,30,32,34)/b20-10+. The largest absolute Gasteiger partial charge is 0.487 e. The zero-order chi connectivity index (χ0) is 25.3. The molecule has 9 heteroatoms. The van der Waals surface area contributed by atoms with Crippen molar-refractivity contribution in [2.24, 2.45) is 0 Å². The summed E-state index contributed by atoms with van der Waals surface area (Å²) in [6, 6.07) is 13.7. The molecule has 178 valence electrons. The summed E-state index contributed by atoms with van der Waals surface area (Å²) in [5, 5.41) is 2.23. The third-order valence-corrected chi connectivity index (χ3v) is 6.66. The number of anilines is 1. The van der Waals surface area contributed by atoms with Crippen LogP contribution in [0.5, 0.6) is 5.75 Å². The number of benzene rings is 3. The number of rotatable bonds is 5. The fourth-order valence-corrected chi connectivity index (χ4v) is 4.91. The molecule has 0 bridgehead atoms. The number of imide groups is 2. The van der Waals surface area contributed by atoms with Gasteiger partial charge < -0.3 is 4.74 Å². The third kappa shape index (κ3) is 5.36. The summed E-state index contributed by atoms with van der Waals surface area (Å²) in [4.78, 5) is 39.1. The minimum atomic E-state index is -0.799. The molecule has 0 atom stereocenters. The lowest BCUT2D eigenvalue weighted by Gasteiger charge is -2.27. The normalized spacial score (nSPS) is 14.9. The van der Waals surface area contributed by atoms with Crippen LogP contribution >= 0.6 is 31.9 Å². The molecular weight excluding hydrogens is 583 g/mol. The van der Waals surface area contributed by atoms with Gasteiger partial charge in [0, 0.05) is 0 Å². The Labute approximate surface area is 218 Å². The van der Waals surface area contributed by atoms with Gasteiger partial charge in [-0.1, -0.05) is 18.2 Å². The maximum Gasteiger partial charge on any atom is 0.335 e. The molecule has 6 nitrogen and oxygen atoms in total. The van der Waals surface area contributed by atoms with Gasteiger partial charge in [-0.15, -0.1) is 0 Å². The molecule has 0 spiro atoms. The third-order valence-electron chi connectivity index (χ3n) is 5.48. The van der Waals surface area contributed by atoms with E-state index in [1.165, 1.54) is 18.2 Å². The first-order valence-electron chi connectivity index (χ1n) is 10.5. The number of ether oxygens (including phenoxy) is 1. The number of amides is 4. The van der Waals surface area contributed by atoms with Crippen molar-refractivity contribution in [3.05, 3.63) is 97.2 Å². The highest BCUT2D eigenvalue weighted by atomic mass is 79.9. The minimum Gasteiger partial charge on any atom is -0.487 e. The fourth-order valence-electron chi connectivity index (χ4n) is 3.46. The van der Waals surface area contributed by atoms with Gasteiger partial charge in [0.1, 0.15) is 23.7 Å². The number of nitrogens with zero attached hydrogens (tertiary/aromatic N) is 1. The minimum absolute atomic E-state index is 0.179. The number of barbiturate groups is 1. The van der Waals surface area contributed by atoms with Gasteiger partial charge in [0.25, 0.3) is 11.8 Å². The second-order valence-corrected chi connectivity index (χ2v) is 9.66. The lowest BCUT2D eigenvalue weighted by Crippen LogP contribution is -2.54. The number of aryl methyl sites for hydroxylation is 2. The van der Waals surface area contributed by atoms with Crippen LogP contribution in [0.25, 0.3) is 6.08 Å². The van der Waals surface area contributed by atoms with E-state index in [2.05, 4.69) is 37.2 Å². The lowest BCUT2D eigenvalue weighted by molar-refractivity contribution is -0.122. The lowest BCUT2D eigenvalue weighted by atomic mass is 10.0. The quantitative estimate of drug-likeness (QED) is 0.279. The van der Waals surface area contributed by atoms with Gasteiger partial charge in [-0.25, -0.2) is 14.1 Å². The molecule has 1 saturated heterocycles. The van der Waals surface area contributed by atoms with E-state index in [1.807, 2.05) is 19.9 Å². The van der Waals surface area contributed by atoms with E-state index >= 15 is 0 Å². The zero-order valence-corrected chi connectivity index (χ0v) is 21.9. The van der Waals surface area contributed by atoms with Crippen molar-refractivity contribution in [3.8, 4) is 5.75 Å². The molecule has 0 radical (unpaired) electrons. The average molecular weight is 602 g/mol. The first-order valence-corrected chi connectivity index (χ1v) is 12.1. The highest BCUT2D eigenvalue weighted by Gasteiger charge is 2.37. The molecule has 4 amide bonds. The summed E-state index contributed by atoms with van der Waals surface area (Å²) in [7, 11) is 0.